The van der Waals surface area contributed by atoms with E-state index in [4.69, 9.17) is 5.11 Å². The fourth-order valence-electron chi connectivity index (χ4n) is 1.93. The third-order valence-electron chi connectivity index (χ3n) is 2.71. The van der Waals surface area contributed by atoms with Gasteiger partial charge in [-0.1, -0.05) is 0 Å². The predicted molar refractivity (Wildman–Crippen MR) is 52.0 cm³/mol. The quantitative estimate of drug-likeness (QED) is 0.721. The molecular weight excluding hydrogens is 180 g/mol. The molecule has 0 amide bonds. The Kier molecular flexibility index (Phi) is 2.84. The van der Waals surface area contributed by atoms with Gasteiger partial charge < -0.3 is 14.8 Å². The van der Waals surface area contributed by atoms with Crippen LogP contribution in [0, 0.1) is 0 Å². The minimum Gasteiger partial charge on any atom is -0.396 e. The molecule has 1 unspecified atom stereocenters. The molecule has 4 heteroatoms. The molecular formula is C10H16N2O2. The summed E-state index contributed by atoms with van der Waals surface area (Å²) in [6.45, 7) is 0.862. The molecule has 1 aliphatic rings. The third kappa shape index (κ3) is 1.81. The molecule has 1 aliphatic heterocycles. The van der Waals surface area contributed by atoms with E-state index in [-0.39, 0.29) is 12.7 Å². The van der Waals surface area contributed by atoms with Crippen LogP contribution < -0.4 is 0 Å². The smallest absolute Gasteiger partial charge is 0.109 e. The number of hydrogen-bond acceptors (Lipinski definition) is 3. The highest BCUT2D eigenvalue weighted by molar-refractivity contribution is 5.09. The average molecular weight is 196 g/mol. The molecule has 0 bridgehead atoms. The van der Waals surface area contributed by atoms with Gasteiger partial charge in [0.1, 0.15) is 5.82 Å². The summed E-state index contributed by atoms with van der Waals surface area (Å²) in [6, 6.07) is 0. The molecule has 1 aromatic rings. The van der Waals surface area contributed by atoms with Crippen molar-refractivity contribution in [2.45, 2.75) is 38.3 Å². The van der Waals surface area contributed by atoms with E-state index in [9.17, 15) is 5.11 Å². The van der Waals surface area contributed by atoms with Crippen LogP contribution in [-0.4, -0.2) is 32.5 Å². The zero-order valence-corrected chi connectivity index (χ0v) is 8.19. The maximum absolute atomic E-state index is 9.53. The first-order valence-corrected chi connectivity index (χ1v) is 5.13. The van der Waals surface area contributed by atoms with E-state index >= 15 is 0 Å². The summed E-state index contributed by atoms with van der Waals surface area (Å²) < 4.78 is 2.09. The lowest BCUT2D eigenvalue weighted by Gasteiger charge is -2.21. The number of nitrogens with zero attached hydrogens (tertiary/aromatic N) is 2. The van der Waals surface area contributed by atoms with Gasteiger partial charge in [-0.15, -0.1) is 0 Å². The van der Waals surface area contributed by atoms with E-state index < -0.39 is 0 Å². The topological polar surface area (TPSA) is 58.3 Å². The minimum atomic E-state index is -0.232. The second-order valence-electron chi connectivity index (χ2n) is 3.80. The molecule has 1 aromatic heterocycles. The summed E-state index contributed by atoms with van der Waals surface area (Å²) in [6.07, 6.45) is 4.94. The molecule has 0 saturated heterocycles. The predicted octanol–water partition coefficient (Wildman–Crippen LogP) is 0.115. The SMILES string of the molecule is OCCCc1ncc2n1CC(O)CC2. The molecule has 2 heterocycles. The van der Waals surface area contributed by atoms with Gasteiger partial charge in [-0.05, 0) is 19.3 Å². The summed E-state index contributed by atoms with van der Waals surface area (Å²) in [4.78, 5) is 4.31. The highest BCUT2D eigenvalue weighted by Gasteiger charge is 2.18. The number of fused-ring (bicyclic) bond motifs is 1. The average Bonchev–Trinajstić information content (AvgIpc) is 2.57. The number of hydrogen-bond donors (Lipinski definition) is 2. The lowest BCUT2D eigenvalue weighted by Crippen LogP contribution is -2.25. The first-order chi connectivity index (χ1) is 6.81. The van der Waals surface area contributed by atoms with Crippen LogP contribution in [0.1, 0.15) is 24.4 Å². The van der Waals surface area contributed by atoms with Crippen molar-refractivity contribution in [2.75, 3.05) is 6.61 Å². The van der Waals surface area contributed by atoms with E-state index in [2.05, 4.69) is 9.55 Å². The van der Waals surface area contributed by atoms with Crippen molar-refractivity contribution < 1.29 is 10.2 Å². The Balaban J connectivity index is 2.13. The van der Waals surface area contributed by atoms with Crippen molar-refractivity contribution in [1.82, 2.24) is 9.55 Å². The van der Waals surface area contributed by atoms with E-state index in [1.165, 1.54) is 5.69 Å². The van der Waals surface area contributed by atoms with Crippen LogP contribution in [0.3, 0.4) is 0 Å². The largest absolute Gasteiger partial charge is 0.396 e. The second kappa shape index (κ2) is 4.11. The van der Waals surface area contributed by atoms with Gasteiger partial charge in [0.2, 0.25) is 0 Å². The number of aryl methyl sites for hydroxylation is 2. The van der Waals surface area contributed by atoms with E-state index in [1.807, 2.05) is 6.20 Å². The van der Waals surface area contributed by atoms with Crippen LogP contribution >= 0.6 is 0 Å². The fraction of sp³-hybridized carbons (Fsp3) is 0.700. The van der Waals surface area contributed by atoms with Gasteiger partial charge in [0.15, 0.2) is 0 Å². The maximum atomic E-state index is 9.53. The van der Waals surface area contributed by atoms with Crippen molar-refractivity contribution in [1.29, 1.82) is 0 Å². The Morgan fingerprint density at radius 1 is 1.57 bits per heavy atom. The summed E-state index contributed by atoms with van der Waals surface area (Å²) in [5.41, 5.74) is 1.21. The number of imidazole rings is 1. The summed E-state index contributed by atoms with van der Waals surface area (Å²) in [7, 11) is 0. The van der Waals surface area contributed by atoms with E-state index in [1.54, 1.807) is 0 Å². The van der Waals surface area contributed by atoms with Gasteiger partial charge in [-0.2, -0.15) is 0 Å². The molecule has 14 heavy (non-hydrogen) atoms. The highest BCUT2D eigenvalue weighted by atomic mass is 16.3. The maximum Gasteiger partial charge on any atom is 0.109 e. The number of rotatable bonds is 3. The lowest BCUT2D eigenvalue weighted by atomic mass is 10.1. The molecule has 0 saturated carbocycles. The molecule has 4 nitrogen and oxygen atoms in total. The second-order valence-corrected chi connectivity index (χ2v) is 3.80. The van der Waals surface area contributed by atoms with Gasteiger partial charge in [0.25, 0.3) is 0 Å². The first-order valence-electron chi connectivity index (χ1n) is 5.13. The highest BCUT2D eigenvalue weighted by Crippen LogP contribution is 2.17. The van der Waals surface area contributed by atoms with Gasteiger partial charge in [-0.25, -0.2) is 4.98 Å². The normalized spacial score (nSPS) is 20.9. The number of aliphatic hydroxyl groups excluding tert-OH is 2. The van der Waals surface area contributed by atoms with Crippen LogP contribution in [0.5, 0.6) is 0 Å². The zero-order valence-electron chi connectivity index (χ0n) is 8.19. The number of aromatic nitrogens is 2. The molecule has 0 spiro atoms. The van der Waals surface area contributed by atoms with Crippen molar-refractivity contribution >= 4 is 0 Å². The van der Waals surface area contributed by atoms with Gasteiger partial charge in [0.05, 0.1) is 12.6 Å². The van der Waals surface area contributed by atoms with E-state index in [0.29, 0.717) is 6.54 Å². The van der Waals surface area contributed by atoms with Crippen LogP contribution in [0.15, 0.2) is 6.20 Å². The van der Waals surface area contributed by atoms with Crippen molar-refractivity contribution in [3.05, 3.63) is 17.7 Å². The monoisotopic (exact) mass is 196 g/mol. The minimum absolute atomic E-state index is 0.199. The van der Waals surface area contributed by atoms with Crippen LogP contribution in [0.4, 0.5) is 0 Å². The summed E-state index contributed by atoms with van der Waals surface area (Å²) >= 11 is 0. The third-order valence-corrected chi connectivity index (χ3v) is 2.71. The zero-order chi connectivity index (χ0) is 9.97. The molecule has 0 radical (unpaired) electrons. The Bertz CT molecular complexity index is 309. The molecule has 0 fully saturated rings. The Morgan fingerprint density at radius 2 is 2.43 bits per heavy atom. The van der Waals surface area contributed by atoms with Crippen molar-refractivity contribution in [3.63, 3.8) is 0 Å². The van der Waals surface area contributed by atoms with Gasteiger partial charge >= 0.3 is 0 Å². The molecule has 2 rings (SSSR count). The summed E-state index contributed by atoms with van der Waals surface area (Å²) in [5, 5.41) is 18.3. The first kappa shape index (κ1) is 9.68. The Labute approximate surface area is 83.2 Å². The molecule has 0 aliphatic carbocycles. The number of aliphatic hydroxyl groups is 2. The Hall–Kier alpha value is -0.870. The van der Waals surface area contributed by atoms with Crippen molar-refractivity contribution in [2.24, 2.45) is 0 Å². The fourth-order valence-corrected chi connectivity index (χ4v) is 1.93. The van der Waals surface area contributed by atoms with Crippen LogP contribution in [-0.2, 0) is 19.4 Å². The van der Waals surface area contributed by atoms with Crippen LogP contribution in [0.2, 0.25) is 0 Å². The molecule has 0 aromatic carbocycles. The van der Waals surface area contributed by atoms with E-state index in [0.717, 1.165) is 31.5 Å². The molecule has 78 valence electrons. The van der Waals surface area contributed by atoms with Crippen LogP contribution in [0.25, 0.3) is 0 Å². The standard InChI is InChI=1S/C10H16N2O2/c13-5-1-2-10-11-6-8-3-4-9(14)7-12(8)10/h6,9,13-14H,1-5,7H2. The molecule has 1 atom stereocenters. The van der Waals surface area contributed by atoms with Gasteiger partial charge in [0, 0.05) is 24.9 Å². The van der Waals surface area contributed by atoms with Crippen molar-refractivity contribution in [3.8, 4) is 0 Å². The van der Waals surface area contributed by atoms with Gasteiger partial charge in [-0.3, -0.25) is 0 Å². The lowest BCUT2D eigenvalue weighted by molar-refractivity contribution is 0.130. The summed E-state index contributed by atoms with van der Waals surface area (Å²) in [5.74, 6) is 0.993. The Morgan fingerprint density at radius 3 is 3.21 bits per heavy atom. The molecule has 2 N–H and O–H groups in total.